The number of hydrogen-bond acceptors (Lipinski definition) is 2. The van der Waals surface area contributed by atoms with Gasteiger partial charge in [0, 0.05) is 32.2 Å². The maximum atomic E-state index is 13.7. The van der Waals surface area contributed by atoms with Crippen molar-refractivity contribution in [2.75, 3.05) is 26.2 Å². The Morgan fingerprint density at radius 2 is 1.24 bits per heavy atom. The van der Waals surface area contributed by atoms with Crippen molar-refractivity contribution in [3.05, 3.63) is 71.0 Å². The number of halogens is 3. The standard InChI is InChI=1S/C18H15F3N2O2/c19-12-5-6-14(16(21)11-12)18(25)23-9-7-22(8-10-23)17(24)13-3-1-2-4-15(13)20/h1-6,11H,7-10H2. The molecule has 1 aliphatic heterocycles. The van der Waals surface area contributed by atoms with Crippen LogP contribution in [0, 0.1) is 17.5 Å². The molecule has 0 aromatic heterocycles. The summed E-state index contributed by atoms with van der Waals surface area (Å²) in [7, 11) is 0. The molecule has 0 aliphatic carbocycles. The minimum Gasteiger partial charge on any atom is -0.335 e. The fourth-order valence-electron chi connectivity index (χ4n) is 2.75. The van der Waals surface area contributed by atoms with Gasteiger partial charge in [-0.25, -0.2) is 13.2 Å². The minimum atomic E-state index is -0.921. The van der Waals surface area contributed by atoms with E-state index in [-0.39, 0.29) is 37.3 Å². The number of piperazine rings is 1. The second-order valence-corrected chi connectivity index (χ2v) is 5.69. The second kappa shape index (κ2) is 6.96. The topological polar surface area (TPSA) is 40.6 Å². The van der Waals surface area contributed by atoms with E-state index in [0.717, 1.165) is 12.1 Å². The Bertz CT molecular complexity index is 818. The molecule has 0 bridgehead atoms. The third-order valence-corrected chi connectivity index (χ3v) is 4.12. The number of carbonyl (C=O) groups excluding carboxylic acids is 2. The highest BCUT2D eigenvalue weighted by Crippen LogP contribution is 2.16. The lowest BCUT2D eigenvalue weighted by Crippen LogP contribution is -2.50. The minimum absolute atomic E-state index is 0.0214. The van der Waals surface area contributed by atoms with Crippen molar-refractivity contribution in [3.63, 3.8) is 0 Å². The van der Waals surface area contributed by atoms with Gasteiger partial charge >= 0.3 is 0 Å². The van der Waals surface area contributed by atoms with Crippen LogP contribution >= 0.6 is 0 Å². The lowest BCUT2D eigenvalue weighted by atomic mass is 10.1. The van der Waals surface area contributed by atoms with Crippen molar-refractivity contribution in [2.24, 2.45) is 0 Å². The van der Waals surface area contributed by atoms with Gasteiger partial charge in [-0.3, -0.25) is 9.59 Å². The maximum absolute atomic E-state index is 13.7. The fourth-order valence-corrected chi connectivity index (χ4v) is 2.75. The summed E-state index contributed by atoms with van der Waals surface area (Å²) >= 11 is 0. The Labute approximate surface area is 142 Å². The zero-order chi connectivity index (χ0) is 18.0. The lowest BCUT2D eigenvalue weighted by molar-refractivity contribution is 0.0530. The fraction of sp³-hybridized carbons (Fsp3) is 0.222. The second-order valence-electron chi connectivity index (χ2n) is 5.69. The Morgan fingerprint density at radius 3 is 1.76 bits per heavy atom. The first-order chi connectivity index (χ1) is 12.0. The first-order valence-electron chi connectivity index (χ1n) is 7.75. The smallest absolute Gasteiger partial charge is 0.256 e. The third-order valence-electron chi connectivity index (χ3n) is 4.12. The number of hydrogen-bond donors (Lipinski definition) is 0. The van der Waals surface area contributed by atoms with Gasteiger partial charge in [0.25, 0.3) is 11.8 Å². The quantitative estimate of drug-likeness (QED) is 0.837. The third kappa shape index (κ3) is 3.50. The number of amides is 2. The molecule has 1 aliphatic rings. The van der Waals surface area contributed by atoms with Crippen LogP contribution in [0.3, 0.4) is 0 Å². The van der Waals surface area contributed by atoms with Crippen LogP contribution in [-0.2, 0) is 0 Å². The van der Waals surface area contributed by atoms with Crippen LogP contribution in [0.15, 0.2) is 42.5 Å². The number of carbonyl (C=O) groups is 2. The average molecular weight is 348 g/mol. The van der Waals surface area contributed by atoms with Gasteiger partial charge in [0.1, 0.15) is 17.5 Å². The molecule has 0 unspecified atom stereocenters. The molecule has 0 atom stereocenters. The normalized spacial score (nSPS) is 14.5. The van der Waals surface area contributed by atoms with E-state index in [9.17, 15) is 22.8 Å². The van der Waals surface area contributed by atoms with Crippen LogP contribution in [0.1, 0.15) is 20.7 Å². The van der Waals surface area contributed by atoms with E-state index in [1.807, 2.05) is 0 Å². The summed E-state index contributed by atoms with van der Waals surface area (Å²) in [6.07, 6.45) is 0. The Hall–Kier alpha value is -2.83. The number of rotatable bonds is 2. The van der Waals surface area contributed by atoms with Crippen LogP contribution in [0.2, 0.25) is 0 Å². The molecule has 0 saturated carbocycles. The zero-order valence-corrected chi connectivity index (χ0v) is 13.2. The molecule has 1 saturated heterocycles. The summed E-state index contributed by atoms with van der Waals surface area (Å²) in [5.74, 6) is -3.28. The van der Waals surface area contributed by atoms with Crippen LogP contribution in [-0.4, -0.2) is 47.8 Å². The molecule has 3 rings (SSSR count). The average Bonchev–Trinajstić information content (AvgIpc) is 2.61. The summed E-state index contributed by atoms with van der Waals surface area (Å²) in [4.78, 5) is 27.5. The van der Waals surface area contributed by atoms with Crippen molar-refractivity contribution in [1.29, 1.82) is 0 Å². The molecule has 2 aromatic rings. The molecule has 4 nitrogen and oxygen atoms in total. The van der Waals surface area contributed by atoms with E-state index >= 15 is 0 Å². The van der Waals surface area contributed by atoms with Crippen molar-refractivity contribution in [3.8, 4) is 0 Å². The van der Waals surface area contributed by atoms with Gasteiger partial charge in [-0.15, -0.1) is 0 Å². The summed E-state index contributed by atoms with van der Waals surface area (Å²) in [5.41, 5.74) is -0.234. The van der Waals surface area contributed by atoms with E-state index in [1.54, 1.807) is 6.07 Å². The SMILES string of the molecule is O=C(c1ccccc1F)N1CCN(C(=O)c2ccc(F)cc2F)CC1. The van der Waals surface area contributed by atoms with E-state index in [4.69, 9.17) is 0 Å². The molecule has 7 heteroatoms. The van der Waals surface area contributed by atoms with E-state index < -0.39 is 29.3 Å². The molecule has 130 valence electrons. The predicted octanol–water partition coefficient (Wildman–Crippen LogP) is 2.70. The Kier molecular flexibility index (Phi) is 4.74. The molecule has 2 aromatic carbocycles. The highest BCUT2D eigenvalue weighted by molar-refractivity contribution is 5.96. The van der Waals surface area contributed by atoms with E-state index in [0.29, 0.717) is 6.07 Å². The van der Waals surface area contributed by atoms with Crippen LogP contribution in [0.25, 0.3) is 0 Å². The molecule has 1 fully saturated rings. The Balaban J connectivity index is 1.66. The van der Waals surface area contributed by atoms with Gasteiger partial charge in [-0.05, 0) is 24.3 Å². The van der Waals surface area contributed by atoms with Gasteiger partial charge in [-0.1, -0.05) is 12.1 Å². The van der Waals surface area contributed by atoms with Gasteiger partial charge < -0.3 is 9.80 Å². The summed E-state index contributed by atoms with van der Waals surface area (Å²) in [6.45, 7) is 0.801. The van der Waals surface area contributed by atoms with Crippen LogP contribution in [0.4, 0.5) is 13.2 Å². The van der Waals surface area contributed by atoms with Crippen molar-refractivity contribution in [2.45, 2.75) is 0 Å². The summed E-state index contributed by atoms with van der Waals surface area (Å²) < 4.78 is 40.4. The molecule has 2 amide bonds. The van der Waals surface area contributed by atoms with Gasteiger partial charge in [0.05, 0.1) is 11.1 Å². The highest BCUT2D eigenvalue weighted by atomic mass is 19.1. The van der Waals surface area contributed by atoms with Crippen LogP contribution in [0.5, 0.6) is 0 Å². The largest absolute Gasteiger partial charge is 0.335 e. The lowest BCUT2D eigenvalue weighted by Gasteiger charge is -2.35. The summed E-state index contributed by atoms with van der Waals surface area (Å²) in [6, 6.07) is 8.48. The van der Waals surface area contributed by atoms with Gasteiger partial charge in [0.2, 0.25) is 0 Å². The van der Waals surface area contributed by atoms with E-state index in [1.165, 1.54) is 28.0 Å². The van der Waals surface area contributed by atoms with E-state index in [2.05, 4.69) is 0 Å². The molecule has 25 heavy (non-hydrogen) atoms. The van der Waals surface area contributed by atoms with Gasteiger partial charge in [0.15, 0.2) is 0 Å². The number of benzene rings is 2. The maximum Gasteiger partial charge on any atom is 0.256 e. The first kappa shape index (κ1) is 17.0. The van der Waals surface area contributed by atoms with Crippen molar-refractivity contribution in [1.82, 2.24) is 9.80 Å². The molecule has 0 spiro atoms. The zero-order valence-electron chi connectivity index (χ0n) is 13.2. The van der Waals surface area contributed by atoms with Gasteiger partial charge in [-0.2, -0.15) is 0 Å². The Morgan fingerprint density at radius 1 is 0.720 bits per heavy atom. The number of nitrogens with zero attached hydrogens (tertiary/aromatic N) is 2. The molecule has 0 N–H and O–H groups in total. The summed E-state index contributed by atoms with van der Waals surface area (Å²) in [5, 5.41) is 0. The van der Waals surface area contributed by atoms with Crippen LogP contribution < -0.4 is 0 Å². The predicted molar refractivity (Wildman–Crippen MR) is 84.6 cm³/mol. The first-order valence-corrected chi connectivity index (χ1v) is 7.75. The molecule has 1 heterocycles. The monoisotopic (exact) mass is 348 g/mol. The molecular weight excluding hydrogens is 333 g/mol. The van der Waals surface area contributed by atoms with Crippen molar-refractivity contribution < 1.29 is 22.8 Å². The highest BCUT2D eigenvalue weighted by Gasteiger charge is 2.27. The molecule has 0 radical (unpaired) electrons. The molecular formula is C18H15F3N2O2. The van der Waals surface area contributed by atoms with Crippen molar-refractivity contribution >= 4 is 11.8 Å².